The van der Waals surface area contributed by atoms with Gasteiger partial charge in [-0.1, -0.05) is 48.9 Å². The van der Waals surface area contributed by atoms with Crippen molar-refractivity contribution in [2.75, 3.05) is 5.32 Å². The number of aromatic nitrogens is 1. The van der Waals surface area contributed by atoms with Gasteiger partial charge in [-0.25, -0.2) is 4.98 Å². The van der Waals surface area contributed by atoms with Crippen LogP contribution in [0.5, 0.6) is 0 Å². The van der Waals surface area contributed by atoms with Crippen molar-refractivity contribution in [1.82, 2.24) is 4.98 Å². The van der Waals surface area contributed by atoms with Crippen LogP contribution >= 0.6 is 11.3 Å². The van der Waals surface area contributed by atoms with Crippen LogP contribution in [0.15, 0.2) is 60.0 Å². The Labute approximate surface area is 145 Å². The number of benzene rings is 2. The molecule has 0 aliphatic heterocycles. The van der Waals surface area contributed by atoms with E-state index in [1.807, 2.05) is 42.5 Å². The molecule has 0 unspecified atom stereocenters. The highest BCUT2D eigenvalue weighted by molar-refractivity contribution is 7.13. The van der Waals surface area contributed by atoms with E-state index in [2.05, 4.69) is 22.8 Å². The molecule has 1 aliphatic rings. The van der Waals surface area contributed by atoms with E-state index in [4.69, 9.17) is 4.98 Å². The molecule has 1 fully saturated rings. The van der Waals surface area contributed by atoms with Gasteiger partial charge in [-0.2, -0.15) is 0 Å². The van der Waals surface area contributed by atoms with Crippen LogP contribution in [0.4, 0.5) is 5.69 Å². The Hall–Kier alpha value is -2.46. The summed E-state index contributed by atoms with van der Waals surface area (Å²) in [4.78, 5) is 16.7. The van der Waals surface area contributed by atoms with Gasteiger partial charge in [-0.05, 0) is 25.0 Å². The predicted molar refractivity (Wildman–Crippen MR) is 99.0 cm³/mol. The van der Waals surface area contributed by atoms with Gasteiger partial charge in [0.25, 0.3) is 0 Å². The number of hydrogen-bond donors (Lipinski definition) is 1. The second-order valence-corrected chi connectivity index (χ2v) is 6.96. The van der Waals surface area contributed by atoms with E-state index < -0.39 is 0 Å². The molecule has 0 atom stereocenters. The van der Waals surface area contributed by atoms with Gasteiger partial charge >= 0.3 is 0 Å². The molecule has 4 rings (SSSR count). The quantitative estimate of drug-likeness (QED) is 0.711. The standard InChI is InChI=1S/C20H18N2OS/c23-19(15-7-4-8-15)21-17-11-9-14(10-12-17)18-13-24-20(22-18)16-5-2-1-3-6-16/h1-3,5-6,9-13,15H,4,7-8H2,(H,21,23). The van der Waals surface area contributed by atoms with Crippen molar-refractivity contribution < 1.29 is 4.79 Å². The van der Waals surface area contributed by atoms with Gasteiger partial charge < -0.3 is 5.32 Å². The van der Waals surface area contributed by atoms with Crippen molar-refractivity contribution in [3.8, 4) is 21.8 Å². The topological polar surface area (TPSA) is 42.0 Å². The summed E-state index contributed by atoms with van der Waals surface area (Å²) in [6.45, 7) is 0. The first kappa shape index (κ1) is 15.1. The van der Waals surface area contributed by atoms with Crippen molar-refractivity contribution in [3.05, 3.63) is 60.0 Å². The average Bonchev–Trinajstić information content (AvgIpc) is 3.05. The van der Waals surface area contributed by atoms with Crippen LogP contribution in [-0.4, -0.2) is 10.9 Å². The zero-order chi connectivity index (χ0) is 16.4. The lowest BCUT2D eigenvalue weighted by Crippen LogP contribution is -2.27. The van der Waals surface area contributed by atoms with E-state index in [0.29, 0.717) is 0 Å². The third kappa shape index (κ3) is 3.10. The predicted octanol–water partition coefficient (Wildman–Crippen LogP) is 5.22. The highest BCUT2D eigenvalue weighted by Crippen LogP contribution is 2.30. The SMILES string of the molecule is O=C(Nc1ccc(-c2csc(-c3ccccc3)n2)cc1)C1CCC1. The van der Waals surface area contributed by atoms with Crippen LogP contribution < -0.4 is 5.32 Å². The van der Waals surface area contributed by atoms with Gasteiger partial charge in [0.1, 0.15) is 5.01 Å². The first-order valence-corrected chi connectivity index (χ1v) is 9.10. The van der Waals surface area contributed by atoms with Crippen LogP contribution in [0.1, 0.15) is 19.3 Å². The molecule has 1 amide bonds. The molecule has 1 heterocycles. The molecule has 24 heavy (non-hydrogen) atoms. The molecule has 3 nitrogen and oxygen atoms in total. The zero-order valence-electron chi connectivity index (χ0n) is 13.2. The van der Waals surface area contributed by atoms with Crippen LogP contribution in [0.2, 0.25) is 0 Å². The van der Waals surface area contributed by atoms with E-state index in [1.165, 1.54) is 6.42 Å². The number of anilines is 1. The normalized spacial score (nSPS) is 14.2. The molecule has 1 aliphatic carbocycles. The second-order valence-electron chi connectivity index (χ2n) is 6.10. The Bertz CT molecular complexity index is 836. The molecule has 0 saturated heterocycles. The van der Waals surface area contributed by atoms with Crippen LogP contribution in [0.3, 0.4) is 0 Å². The molecule has 4 heteroatoms. The molecule has 1 saturated carbocycles. The molecule has 0 radical (unpaired) electrons. The van der Waals surface area contributed by atoms with Crippen molar-refractivity contribution in [2.45, 2.75) is 19.3 Å². The molecule has 120 valence electrons. The lowest BCUT2D eigenvalue weighted by Gasteiger charge is -2.24. The fraction of sp³-hybridized carbons (Fsp3) is 0.200. The maximum Gasteiger partial charge on any atom is 0.227 e. The maximum absolute atomic E-state index is 12.0. The molecular weight excluding hydrogens is 316 g/mol. The summed E-state index contributed by atoms with van der Waals surface area (Å²) in [6, 6.07) is 18.1. The number of rotatable bonds is 4. The van der Waals surface area contributed by atoms with Gasteiger partial charge in [-0.3, -0.25) is 4.79 Å². The van der Waals surface area contributed by atoms with Crippen LogP contribution in [-0.2, 0) is 4.79 Å². The van der Waals surface area contributed by atoms with E-state index in [-0.39, 0.29) is 11.8 Å². The minimum atomic E-state index is 0.147. The smallest absolute Gasteiger partial charge is 0.227 e. The zero-order valence-corrected chi connectivity index (χ0v) is 14.1. The van der Waals surface area contributed by atoms with Crippen molar-refractivity contribution in [1.29, 1.82) is 0 Å². The third-order valence-corrected chi connectivity index (χ3v) is 5.34. The van der Waals surface area contributed by atoms with Crippen LogP contribution in [0.25, 0.3) is 21.8 Å². The van der Waals surface area contributed by atoms with Gasteiger partial charge in [-0.15, -0.1) is 11.3 Å². The van der Waals surface area contributed by atoms with E-state index in [0.717, 1.165) is 40.4 Å². The number of amides is 1. The number of thiazole rings is 1. The third-order valence-electron chi connectivity index (χ3n) is 4.45. The summed E-state index contributed by atoms with van der Waals surface area (Å²) >= 11 is 1.65. The number of hydrogen-bond acceptors (Lipinski definition) is 3. The van der Waals surface area contributed by atoms with Crippen molar-refractivity contribution in [2.24, 2.45) is 5.92 Å². The highest BCUT2D eigenvalue weighted by atomic mass is 32.1. The number of carbonyl (C=O) groups excluding carboxylic acids is 1. The van der Waals surface area contributed by atoms with Gasteiger partial charge in [0.15, 0.2) is 0 Å². The average molecular weight is 334 g/mol. The number of nitrogens with one attached hydrogen (secondary N) is 1. The molecule has 3 aromatic rings. The monoisotopic (exact) mass is 334 g/mol. The summed E-state index contributed by atoms with van der Waals surface area (Å²) in [5.41, 5.74) is 4.03. The van der Waals surface area contributed by atoms with Crippen molar-refractivity contribution in [3.63, 3.8) is 0 Å². The Balaban J connectivity index is 1.49. The van der Waals surface area contributed by atoms with Gasteiger partial charge in [0.2, 0.25) is 5.91 Å². The Kier molecular flexibility index (Phi) is 4.13. The highest BCUT2D eigenvalue weighted by Gasteiger charge is 2.25. The van der Waals surface area contributed by atoms with E-state index >= 15 is 0 Å². The van der Waals surface area contributed by atoms with Crippen LogP contribution in [0, 0.1) is 5.92 Å². The van der Waals surface area contributed by atoms with Gasteiger partial charge in [0.05, 0.1) is 5.69 Å². The van der Waals surface area contributed by atoms with E-state index in [9.17, 15) is 4.79 Å². The summed E-state index contributed by atoms with van der Waals surface area (Å²) < 4.78 is 0. The largest absolute Gasteiger partial charge is 0.326 e. The second kappa shape index (κ2) is 6.57. The lowest BCUT2D eigenvalue weighted by molar-refractivity contribution is -0.122. The molecular formula is C20H18N2OS. The number of carbonyl (C=O) groups is 1. The summed E-state index contributed by atoms with van der Waals surface area (Å²) in [7, 11) is 0. The molecule has 1 N–H and O–H groups in total. The fourth-order valence-corrected chi connectivity index (χ4v) is 3.59. The van der Waals surface area contributed by atoms with E-state index in [1.54, 1.807) is 11.3 Å². The minimum Gasteiger partial charge on any atom is -0.326 e. The summed E-state index contributed by atoms with van der Waals surface area (Å²) in [6.07, 6.45) is 3.21. The maximum atomic E-state index is 12.0. The molecule has 1 aromatic heterocycles. The Morgan fingerprint density at radius 3 is 2.42 bits per heavy atom. The van der Waals surface area contributed by atoms with Crippen molar-refractivity contribution >= 4 is 22.9 Å². The number of nitrogens with zero attached hydrogens (tertiary/aromatic N) is 1. The molecule has 0 bridgehead atoms. The lowest BCUT2D eigenvalue weighted by atomic mass is 9.85. The first-order valence-electron chi connectivity index (χ1n) is 8.22. The minimum absolute atomic E-state index is 0.147. The van der Waals surface area contributed by atoms with Gasteiger partial charge in [0, 0.05) is 28.1 Å². The summed E-state index contributed by atoms with van der Waals surface area (Å²) in [5, 5.41) is 6.09. The first-order chi connectivity index (χ1) is 11.8. The Morgan fingerprint density at radius 1 is 1.00 bits per heavy atom. The fourth-order valence-electron chi connectivity index (χ4n) is 2.76. The molecule has 0 spiro atoms. The Morgan fingerprint density at radius 2 is 1.75 bits per heavy atom. The summed E-state index contributed by atoms with van der Waals surface area (Å²) in [5.74, 6) is 0.352. The molecule has 2 aromatic carbocycles.